The first kappa shape index (κ1) is 19.1. The van der Waals surface area contributed by atoms with E-state index in [2.05, 4.69) is 109 Å². The molecule has 2 heteroatoms. The lowest BCUT2D eigenvalue weighted by Gasteiger charge is -2.22. The molecule has 2 heterocycles. The Labute approximate surface area is 203 Å². The molecule has 0 bridgehead atoms. The maximum absolute atomic E-state index is 6.11. The van der Waals surface area contributed by atoms with Crippen molar-refractivity contribution in [3.8, 4) is 16.8 Å². The number of hydrogen-bond acceptors (Lipinski definition) is 1. The Morgan fingerprint density at radius 1 is 0.600 bits per heavy atom. The zero-order valence-corrected chi connectivity index (χ0v) is 19.7. The highest BCUT2D eigenvalue weighted by Crippen LogP contribution is 2.53. The molecule has 0 unspecified atom stereocenters. The van der Waals surface area contributed by atoms with Gasteiger partial charge in [0.2, 0.25) is 0 Å². The number of nitrogens with zero attached hydrogens (tertiary/aromatic N) is 1. The summed E-state index contributed by atoms with van der Waals surface area (Å²) in [7, 11) is 0. The van der Waals surface area contributed by atoms with Crippen LogP contribution in [0.4, 0.5) is 0 Å². The van der Waals surface area contributed by atoms with Crippen LogP contribution in [0.25, 0.3) is 60.6 Å². The molecule has 5 aromatic carbocycles. The summed E-state index contributed by atoms with van der Waals surface area (Å²) in [5.74, 6) is 0. The SMILES string of the molecule is CC1(C)c2ccccc2-c2ccc3c(c21)c1ccccc1n3-c1ccc2oc3ccccc3c2c1. The van der Waals surface area contributed by atoms with E-state index in [9.17, 15) is 0 Å². The Morgan fingerprint density at radius 2 is 1.34 bits per heavy atom. The molecule has 1 aliphatic rings. The molecule has 166 valence electrons. The van der Waals surface area contributed by atoms with Crippen molar-refractivity contribution in [2.45, 2.75) is 19.3 Å². The maximum atomic E-state index is 6.11. The summed E-state index contributed by atoms with van der Waals surface area (Å²) in [6.45, 7) is 4.74. The number of hydrogen-bond donors (Lipinski definition) is 0. The monoisotopic (exact) mass is 449 g/mol. The molecule has 0 atom stereocenters. The van der Waals surface area contributed by atoms with Crippen LogP contribution in [0.3, 0.4) is 0 Å². The second kappa shape index (κ2) is 6.43. The highest BCUT2D eigenvalue weighted by molar-refractivity contribution is 6.15. The fourth-order valence-corrected chi connectivity index (χ4v) is 6.46. The fraction of sp³-hybridized carbons (Fsp3) is 0.0909. The number of rotatable bonds is 1. The van der Waals surface area contributed by atoms with Crippen molar-refractivity contribution in [2.24, 2.45) is 0 Å². The van der Waals surface area contributed by atoms with Crippen molar-refractivity contribution < 1.29 is 4.42 Å². The summed E-state index contributed by atoms with van der Waals surface area (Å²) in [6, 6.07) is 37.2. The van der Waals surface area contributed by atoms with Gasteiger partial charge >= 0.3 is 0 Å². The van der Waals surface area contributed by atoms with Crippen LogP contribution in [0.5, 0.6) is 0 Å². The van der Waals surface area contributed by atoms with E-state index in [0.29, 0.717) is 0 Å². The van der Waals surface area contributed by atoms with E-state index in [1.807, 2.05) is 12.1 Å². The molecule has 7 aromatic rings. The van der Waals surface area contributed by atoms with E-state index < -0.39 is 0 Å². The second-order valence-corrected chi connectivity index (χ2v) is 10.2. The summed E-state index contributed by atoms with van der Waals surface area (Å²) in [6.07, 6.45) is 0. The molecular weight excluding hydrogens is 426 g/mol. The predicted molar refractivity (Wildman–Crippen MR) is 146 cm³/mol. The third-order valence-electron chi connectivity index (χ3n) is 7.97. The number of furan rings is 1. The van der Waals surface area contributed by atoms with Crippen molar-refractivity contribution in [1.29, 1.82) is 0 Å². The fourth-order valence-electron chi connectivity index (χ4n) is 6.46. The topological polar surface area (TPSA) is 18.1 Å². The average molecular weight is 450 g/mol. The van der Waals surface area contributed by atoms with E-state index in [1.165, 1.54) is 44.1 Å². The van der Waals surface area contributed by atoms with Gasteiger partial charge in [0.05, 0.1) is 11.0 Å². The summed E-state index contributed by atoms with van der Waals surface area (Å²) >= 11 is 0. The minimum Gasteiger partial charge on any atom is -0.456 e. The molecule has 0 aliphatic heterocycles. The van der Waals surface area contributed by atoms with Crippen LogP contribution >= 0.6 is 0 Å². The van der Waals surface area contributed by atoms with Gasteiger partial charge in [-0.05, 0) is 58.7 Å². The first-order valence-electron chi connectivity index (χ1n) is 12.2. The number of aromatic nitrogens is 1. The molecule has 0 saturated heterocycles. The van der Waals surface area contributed by atoms with Crippen molar-refractivity contribution >= 4 is 43.7 Å². The Kier molecular flexibility index (Phi) is 3.50. The Balaban J connectivity index is 1.51. The molecule has 0 saturated carbocycles. The zero-order chi connectivity index (χ0) is 23.3. The van der Waals surface area contributed by atoms with Gasteiger partial charge in [0.1, 0.15) is 11.2 Å². The van der Waals surface area contributed by atoms with Gasteiger partial charge in [-0.15, -0.1) is 0 Å². The molecular formula is C33H23NO. The Bertz CT molecular complexity index is 1980. The first-order chi connectivity index (χ1) is 17.1. The zero-order valence-electron chi connectivity index (χ0n) is 19.7. The molecule has 0 radical (unpaired) electrons. The normalized spacial score (nSPS) is 14.2. The van der Waals surface area contributed by atoms with Crippen LogP contribution in [-0.4, -0.2) is 4.57 Å². The van der Waals surface area contributed by atoms with Gasteiger partial charge in [0.15, 0.2) is 0 Å². The van der Waals surface area contributed by atoms with E-state index in [4.69, 9.17) is 4.42 Å². The van der Waals surface area contributed by atoms with E-state index >= 15 is 0 Å². The van der Waals surface area contributed by atoms with Crippen LogP contribution in [0, 0.1) is 0 Å². The molecule has 2 aromatic heterocycles. The smallest absolute Gasteiger partial charge is 0.135 e. The quantitative estimate of drug-likeness (QED) is 0.244. The third-order valence-corrected chi connectivity index (χ3v) is 7.97. The third kappa shape index (κ3) is 2.34. The number of para-hydroxylation sites is 2. The van der Waals surface area contributed by atoms with Gasteiger partial charge in [-0.2, -0.15) is 0 Å². The van der Waals surface area contributed by atoms with Crippen molar-refractivity contribution in [1.82, 2.24) is 4.57 Å². The molecule has 0 fully saturated rings. The largest absolute Gasteiger partial charge is 0.456 e. The predicted octanol–water partition coefficient (Wildman–Crippen LogP) is 8.99. The lowest BCUT2D eigenvalue weighted by Crippen LogP contribution is -2.15. The van der Waals surface area contributed by atoms with Crippen LogP contribution in [0.1, 0.15) is 25.0 Å². The number of benzene rings is 5. The molecule has 0 spiro atoms. The van der Waals surface area contributed by atoms with Crippen LogP contribution in [0.15, 0.2) is 108 Å². The molecule has 1 aliphatic carbocycles. The molecule has 0 amide bonds. The highest BCUT2D eigenvalue weighted by atomic mass is 16.3. The van der Waals surface area contributed by atoms with Gasteiger partial charge in [0, 0.05) is 32.6 Å². The Hall–Kier alpha value is -4.30. The molecule has 2 nitrogen and oxygen atoms in total. The minimum absolute atomic E-state index is 0.0644. The maximum Gasteiger partial charge on any atom is 0.135 e. The average Bonchev–Trinajstić information content (AvgIpc) is 3.50. The van der Waals surface area contributed by atoms with Crippen LogP contribution in [-0.2, 0) is 5.41 Å². The Morgan fingerprint density at radius 3 is 2.26 bits per heavy atom. The van der Waals surface area contributed by atoms with E-state index in [0.717, 1.165) is 27.6 Å². The summed E-state index contributed by atoms with van der Waals surface area (Å²) in [4.78, 5) is 0. The van der Waals surface area contributed by atoms with Crippen molar-refractivity contribution in [3.63, 3.8) is 0 Å². The minimum atomic E-state index is -0.0644. The van der Waals surface area contributed by atoms with Crippen molar-refractivity contribution in [3.05, 3.63) is 114 Å². The van der Waals surface area contributed by atoms with Gasteiger partial charge in [-0.3, -0.25) is 0 Å². The number of fused-ring (bicyclic) bond motifs is 10. The lowest BCUT2D eigenvalue weighted by atomic mass is 9.80. The molecule has 8 rings (SSSR count). The highest BCUT2D eigenvalue weighted by Gasteiger charge is 2.37. The molecule has 35 heavy (non-hydrogen) atoms. The first-order valence-corrected chi connectivity index (χ1v) is 12.2. The van der Waals surface area contributed by atoms with Crippen LogP contribution < -0.4 is 0 Å². The summed E-state index contributed by atoms with van der Waals surface area (Å²) in [5.41, 5.74) is 11.0. The van der Waals surface area contributed by atoms with Gasteiger partial charge in [-0.25, -0.2) is 0 Å². The second-order valence-electron chi connectivity index (χ2n) is 10.2. The van der Waals surface area contributed by atoms with E-state index in [1.54, 1.807) is 0 Å². The van der Waals surface area contributed by atoms with Gasteiger partial charge in [-0.1, -0.05) is 80.6 Å². The van der Waals surface area contributed by atoms with E-state index in [-0.39, 0.29) is 5.41 Å². The summed E-state index contributed by atoms with van der Waals surface area (Å²) < 4.78 is 8.54. The van der Waals surface area contributed by atoms with Gasteiger partial charge < -0.3 is 8.98 Å². The standard InChI is InChI=1S/C33H23NO/c1-33(2)26-12-6-3-9-21(26)23-16-17-28-31(32(23)33)24-11-4-7-13-27(24)34(28)20-15-18-30-25(19-20)22-10-5-8-14-29(22)35-30/h3-19H,1-2H3. The van der Waals surface area contributed by atoms with Crippen LogP contribution in [0.2, 0.25) is 0 Å². The molecule has 0 N–H and O–H groups in total. The van der Waals surface area contributed by atoms with Crippen molar-refractivity contribution in [2.75, 3.05) is 0 Å². The summed E-state index contributed by atoms with van der Waals surface area (Å²) in [5, 5.41) is 4.97. The van der Waals surface area contributed by atoms with Gasteiger partial charge in [0.25, 0.3) is 0 Å². The lowest BCUT2D eigenvalue weighted by molar-refractivity contribution is 0.666.